The van der Waals surface area contributed by atoms with Gasteiger partial charge in [-0.2, -0.15) is 0 Å². The van der Waals surface area contributed by atoms with Crippen LogP contribution in [0.25, 0.3) is 10.8 Å². The summed E-state index contributed by atoms with van der Waals surface area (Å²) in [7, 11) is 0. The van der Waals surface area contributed by atoms with Crippen molar-refractivity contribution >= 4 is 34.0 Å². The van der Waals surface area contributed by atoms with Crippen LogP contribution in [0.4, 0.5) is 0 Å². The maximum absolute atomic E-state index is 12.1. The highest BCUT2D eigenvalue weighted by molar-refractivity contribution is 7.80. The number of hydrogen-bond donors (Lipinski definition) is 0. The molecule has 3 aromatic rings. The lowest BCUT2D eigenvalue weighted by molar-refractivity contribution is -0.134. The number of carbonyl (C=O) groups excluding carboxylic acids is 1. The number of carbonyl (C=O) groups is 1. The van der Waals surface area contributed by atoms with Gasteiger partial charge in [0.05, 0.1) is 6.42 Å². The van der Waals surface area contributed by atoms with Gasteiger partial charge in [-0.15, -0.1) is 0 Å². The van der Waals surface area contributed by atoms with Gasteiger partial charge in [0.2, 0.25) is 5.05 Å². The molecule has 0 atom stereocenters. The van der Waals surface area contributed by atoms with E-state index in [2.05, 4.69) is 0 Å². The maximum atomic E-state index is 12.1. The molecule has 108 valence electrons. The quantitative estimate of drug-likeness (QED) is 0.533. The molecule has 0 aromatic heterocycles. The van der Waals surface area contributed by atoms with Gasteiger partial charge < -0.3 is 4.74 Å². The highest BCUT2D eigenvalue weighted by atomic mass is 32.1. The van der Waals surface area contributed by atoms with Crippen LogP contribution in [0.1, 0.15) is 11.1 Å². The van der Waals surface area contributed by atoms with Crippen molar-refractivity contribution in [1.29, 1.82) is 0 Å². The average Bonchev–Trinajstić information content (AvgIpc) is 2.56. The number of rotatable bonds is 3. The third-order valence-corrected chi connectivity index (χ3v) is 3.75. The fraction of sp³-hybridized carbons (Fsp3) is 0.0526. The molecule has 0 saturated carbocycles. The van der Waals surface area contributed by atoms with Gasteiger partial charge in [-0.25, -0.2) is 0 Å². The largest absolute Gasteiger partial charge is 0.414 e. The van der Waals surface area contributed by atoms with Crippen molar-refractivity contribution < 1.29 is 9.53 Å². The molecule has 0 bridgehead atoms. The second kappa shape index (κ2) is 6.50. The Labute approximate surface area is 134 Å². The first kappa shape index (κ1) is 14.4. The zero-order chi connectivity index (χ0) is 15.4. The van der Waals surface area contributed by atoms with Crippen LogP contribution in [0.5, 0.6) is 0 Å². The summed E-state index contributed by atoms with van der Waals surface area (Å²) < 4.78 is 5.28. The fourth-order valence-corrected chi connectivity index (χ4v) is 2.60. The molecule has 0 fully saturated rings. The van der Waals surface area contributed by atoms with Gasteiger partial charge in [0.1, 0.15) is 0 Å². The molecule has 0 unspecified atom stereocenters. The Balaban J connectivity index is 1.75. The van der Waals surface area contributed by atoms with Crippen LogP contribution in [0.3, 0.4) is 0 Å². The Kier molecular flexibility index (Phi) is 4.26. The van der Waals surface area contributed by atoms with Crippen LogP contribution >= 0.6 is 12.2 Å². The Morgan fingerprint density at radius 1 is 0.864 bits per heavy atom. The minimum Gasteiger partial charge on any atom is -0.414 e. The van der Waals surface area contributed by atoms with E-state index in [9.17, 15) is 4.79 Å². The molecule has 0 radical (unpaired) electrons. The molecule has 0 spiro atoms. The third kappa shape index (κ3) is 3.21. The van der Waals surface area contributed by atoms with E-state index in [1.807, 2.05) is 72.8 Å². The molecular formula is C19H14O2S. The van der Waals surface area contributed by atoms with Crippen molar-refractivity contribution in [1.82, 2.24) is 0 Å². The second-order valence-electron chi connectivity index (χ2n) is 4.94. The smallest absolute Gasteiger partial charge is 0.316 e. The van der Waals surface area contributed by atoms with Gasteiger partial charge in [-0.1, -0.05) is 72.8 Å². The number of esters is 1. The molecular weight excluding hydrogens is 292 g/mol. The molecule has 0 N–H and O–H groups in total. The van der Waals surface area contributed by atoms with Crippen molar-refractivity contribution in [2.75, 3.05) is 0 Å². The van der Waals surface area contributed by atoms with Crippen LogP contribution in [-0.2, 0) is 16.0 Å². The van der Waals surface area contributed by atoms with Crippen LogP contribution < -0.4 is 0 Å². The summed E-state index contributed by atoms with van der Waals surface area (Å²) >= 11 is 5.17. The standard InChI is InChI=1S/C19H14O2S/c20-18(21-19(22)15-8-2-1-3-9-15)13-16-11-6-10-14-7-4-5-12-17(14)16/h1-12H,13H2. The number of benzene rings is 3. The summed E-state index contributed by atoms with van der Waals surface area (Å²) in [6.45, 7) is 0. The summed E-state index contributed by atoms with van der Waals surface area (Å²) in [6, 6.07) is 23.2. The van der Waals surface area contributed by atoms with Gasteiger partial charge in [-0.05, 0) is 28.6 Å². The normalized spacial score (nSPS) is 10.4. The molecule has 3 heteroatoms. The van der Waals surface area contributed by atoms with E-state index in [1.165, 1.54) is 0 Å². The van der Waals surface area contributed by atoms with Gasteiger partial charge >= 0.3 is 5.97 Å². The van der Waals surface area contributed by atoms with Crippen LogP contribution in [0.2, 0.25) is 0 Å². The monoisotopic (exact) mass is 306 g/mol. The van der Waals surface area contributed by atoms with Crippen molar-refractivity contribution in [3.63, 3.8) is 0 Å². The van der Waals surface area contributed by atoms with E-state index >= 15 is 0 Å². The highest BCUT2D eigenvalue weighted by Crippen LogP contribution is 2.19. The third-order valence-electron chi connectivity index (χ3n) is 3.43. The van der Waals surface area contributed by atoms with Crippen molar-refractivity contribution in [2.24, 2.45) is 0 Å². The van der Waals surface area contributed by atoms with E-state index in [4.69, 9.17) is 17.0 Å². The first-order valence-corrected chi connectivity index (χ1v) is 7.41. The molecule has 3 rings (SSSR count). The summed E-state index contributed by atoms with van der Waals surface area (Å²) in [5.74, 6) is -0.342. The number of hydrogen-bond acceptors (Lipinski definition) is 3. The minimum absolute atomic E-state index is 0.203. The van der Waals surface area contributed by atoms with Crippen LogP contribution in [0.15, 0.2) is 72.8 Å². The van der Waals surface area contributed by atoms with Gasteiger partial charge in [-0.3, -0.25) is 4.79 Å². The van der Waals surface area contributed by atoms with E-state index in [-0.39, 0.29) is 17.4 Å². The lowest BCUT2D eigenvalue weighted by Crippen LogP contribution is -2.13. The molecule has 0 saturated heterocycles. The first-order chi connectivity index (χ1) is 10.7. The maximum Gasteiger partial charge on any atom is 0.316 e. The van der Waals surface area contributed by atoms with Crippen LogP contribution in [-0.4, -0.2) is 11.0 Å². The summed E-state index contributed by atoms with van der Waals surface area (Å²) in [5.41, 5.74) is 1.68. The second-order valence-corrected chi connectivity index (χ2v) is 5.31. The molecule has 0 heterocycles. The zero-order valence-electron chi connectivity index (χ0n) is 11.9. The van der Waals surface area contributed by atoms with E-state index in [1.54, 1.807) is 0 Å². The molecule has 2 nitrogen and oxygen atoms in total. The SMILES string of the molecule is O=C(Cc1cccc2ccccc12)OC(=S)c1ccccc1. The Morgan fingerprint density at radius 2 is 1.55 bits per heavy atom. The number of ether oxygens (including phenoxy) is 1. The molecule has 0 aliphatic heterocycles. The Morgan fingerprint density at radius 3 is 2.36 bits per heavy atom. The van der Waals surface area contributed by atoms with Gasteiger partial charge in [0, 0.05) is 5.56 Å². The first-order valence-electron chi connectivity index (χ1n) is 7.01. The van der Waals surface area contributed by atoms with E-state index in [0.717, 1.165) is 21.9 Å². The summed E-state index contributed by atoms with van der Waals surface area (Å²) in [6.07, 6.45) is 0.203. The highest BCUT2D eigenvalue weighted by Gasteiger charge is 2.11. The lowest BCUT2D eigenvalue weighted by atomic mass is 10.0. The summed E-state index contributed by atoms with van der Waals surface area (Å²) in [4.78, 5) is 12.1. The lowest BCUT2D eigenvalue weighted by Gasteiger charge is -2.08. The average molecular weight is 306 g/mol. The Bertz CT molecular complexity index is 820. The topological polar surface area (TPSA) is 26.3 Å². The molecule has 3 aromatic carbocycles. The van der Waals surface area contributed by atoms with E-state index < -0.39 is 0 Å². The van der Waals surface area contributed by atoms with Crippen molar-refractivity contribution in [3.05, 3.63) is 83.9 Å². The predicted molar refractivity (Wildman–Crippen MR) is 91.9 cm³/mol. The van der Waals surface area contributed by atoms with Crippen molar-refractivity contribution in [3.8, 4) is 0 Å². The predicted octanol–water partition coefficient (Wildman–Crippen LogP) is 4.30. The molecule has 0 aliphatic carbocycles. The zero-order valence-corrected chi connectivity index (χ0v) is 12.7. The molecule has 0 amide bonds. The fourth-order valence-electron chi connectivity index (χ4n) is 2.37. The summed E-state index contributed by atoms with van der Waals surface area (Å²) in [5, 5.41) is 2.39. The van der Waals surface area contributed by atoms with E-state index in [0.29, 0.717) is 0 Å². The molecule has 0 aliphatic rings. The Hall–Kier alpha value is -2.52. The van der Waals surface area contributed by atoms with Gasteiger partial charge in [0.25, 0.3) is 0 Å². The van der Waals surface area contributed by atoms with Crippen molar-refractivity contribution in [2.45, 2.75) is 6.42 Å². The number of thiocarbonyl (C=S) groups is 1. The van der Waals surface area contributed by atoms with Crippen LogP contribution in [0, 0.1) is 0 Å². The molecule has 22 heavy (non-hydrogen) atoms. The van der Waals surface area contributed by atoms with Gasteiger partial charge in [0.15, 0.2) is 0 Å². The minimum atomic E-state index is -0.342. The number of fused-ring (bicyclic) bond motifs is 1.